The maximum absolute atomic E-state index is 13.1. The maximum Gasteiger partial charge on any atom is 0.418 e. The van der Waals surface area contributed by atoms with Crippen molar-refractivity contribution in [3.05, 3.63) is 48.3 Å². The largest absolute Gasteiger partial charge is 0.418 e. The molecule has 0 aliphatic heterocycles. The lowest BCUT2D eigenvalue weighted by Crippen LogP contribution is -2.08. The molecule has 0 amide bonds. The van der Waals surface area contributed by atoms with Gasteiger partial charge in [0.05, 0.1) is 16.8 Å². The van der Waals surface area contributed by atoms with Gasteiger partial charge in [-0.2, -0.15) is 13.2 Å². The van der Waals surface area contributed by atoms with Crippen LogP contribution >= 0.6 is 0 Å². The van der Waals surface area contributed by atoms with E-state index in [9.17, 15) is 13.2 Å². The summed E-state index contributed by atoms with van der Waals surface area (Å²) in [6, 6.07) is 7.21. The van der Waals surface area contributed by atoms with Gasteiger partial charge in [-0.05, 0) is 18.2 Å². The molecule has 0 saturated heterocycles. The molecule has 0 aliphatic carbocycles. The van der Waals surface area contributed by atoms with Gasteiger partial charge in [0.15, 0.2) is 0 Å². The zero-order valence-corrected chi connectivity index (χ0v) is 10.6. The van der Waals surface area contributed by atoms with Crippen molar-refractivity contribution in [1.29, 1.82) is 0 Å². The minimum absolute atomic E-state index is 0.210. The van der Waals surface area contributed by atoms with Crippen molar-refractivity contribution in [2.24, 2.45) is 0 Å². The van der Waals surface area contributed by atoms with Crippen LogP contribution in [0.25, 0.3) is 22.2 Å². The maximum atomic E-state index is 13.1. The minimum Gasteiger partial charge on any atom is -0.368 e. The molecule has 0 spiro atoms. The Kier molecular flexibility index (Phi) is 2.97. The van der Waals surface area contributed by atoms with Crippen LogP contribution in [0.2, 0.25) is 0 Å². The summed E-state index contributed by atoms with van der Waals surface area (Å²) in [7, 11) is 0. The Labute approximate surface area is 117 Å². The van der Waals surface area contributed by atoms with E-state index in [1.54, 1.807) is 18.3 Å². The number of nitrogen functional groups attached to an aromatic ring is 1. The number of aromatic nitrogens is 3. The second-order valence-corrected chi connectivity index (χ2v) is 4.37. The third-order valence-electron chi connectivity index (χ3n) is 2.98. The van der Waals surface area contributed by atoms with Crippen molar-refractivity contribution in [3.8, 4) is 11.3 Å². The summed E-state index contributed by atoms with van der Waals surface area (Å²) in [4.78, 5) is 11.8. The molecule has 106 valence electrons. The Morgan fingerprint density at radius 2 is 1.81 bits per heavy atom. The Bertz CT molecular complexity index is 800. The van der Waals surface area contributed by atoms with E-state index in [2.05, 4.69) is 15.0 Å². The van der Waals surface area contributed by atoms with Gasteiger partial charge in [-0.25, -0.2) is 9.97 Å². The van der Waals surface area contributed by atoms with Crippen LogP contribution in [-0.2, 0) is 6.18 Å². The number of alkyl halides is 3. The highest BCUT2D eigenvalue weighted by Gasteiger charge is 2.33. The average Bonchev–Trinajstić information content (AvgIpc) is 2.45. The molecule has 0 unspecified atom stereocenters. The highest BCUT2D eigenvalue weighted by Crippen LogP contribution is 2.36. The van der Waals surface area contributed by atoms with Crippen LogP contribution in [0.15, 0.2) is 42.7 Å². The summed E-state index contributed by atoms with van der Waals surface area (Å²) in [6.45, 7) is 0. The Morgan fingerprint density at radius 1 is 1.00 bits per heavy atom. The molecule has 0 atom stereocenters. The molecule has 7 heteroatoms. The third-order valence-corrected chi connectivity index (χ3v) is 2.98. The molecule has 2 heterocycles. The van der Waals surface area contributed by atoms with Crippen molar-refractivity contribution in [2.75, 3.05) is 5.73 Å². The van der Waals surface area contributed by atoms with Crippen molar-refractivity contribution in [2.45, 2.75) is 6.18 Å². The number of rotatable bonds is 1. The molecule has 0 radical (unpaired) electrons. The molecule has 0 aliphatic rings. The van der Waals surface area contributed by atoms with Gasteiger partial charge in [0.2, 0.25) is 5.95 Å². The number of hydrogen-bond acceptors (Lipinski definition) is 4. The molecule has 0 fully saturated rings. The fraction of sp³-hybridized carbons (Fsp3) is 0.0714. The van der Waals surface area contributed by atoms with Crippen LogP contribution in [0, 0.1) is 0 Å². The van der Waals surface area contributed by atoms with E-state index in [0.29, 0.717) is 11.3 Å². The number of hydrogen-bond donors (Lipinski definition) is 1. The standard InChI is InChI=1S/C14H9F3N4/c15-14(16,17)10-5-1-4-9-11(8-3-2-6-19-7-8)20-13(18)21-12(9)10/h1-7H,(H2,18,20,21). The Balaban J connectivity index is 2.38. The van der Waals surface area contributed by atoms with Gasteiger partial charge in [0.1, 0.15) is 0 Å². The lowest BCUT2D eigenvalue weighted by Gasteiger charge is -2.12. The van der Waals surface area contributed by atoms with E-state index >= 15 is 0 Å². The highest BCUT2D eigenvalue weighted by atomic mass is 19.4. The van der Waals surface area contributed by atoms with E-state index in [0.717, 1.165) is 6.07 Å². The molecule has 0 saturated carbocycles. The lowest BCUT2D eigenvalue weighted by atomic mass is 10.0. The van der Waals surface area contributed by atoms with Crippen LogP contribution in [0.5, 0.6) is 0 Å². The number of fused-ring (bicyclic) bond motifs is 1. The van der Waals surface area contributed by atoms with Gasteiger partial charge in [-0.15, -0.1) is 0 Å². The second kappa shape index (κ2) is 4.69. The van der Waals surface area contributed by atoms with Gasteiger partial charge in [0, 0.05) is 23.3 Å². The zero-order chi connectivity index (χ0) is 15.0. The van der Waals surface area contributed by atoms with Crippen molar-refractivity contribution < 1.29 is 13.2 Å². The van der Waals surface area contributed by atoms with E-state index in [1.807, 2.05) is 0 Å². The summed E-state index contributed by atoms with van der Waals surface area (Å²) in [6.07, 6.45) is -1.43. The minimum atomic E-state index is -4.51. The average molecular weight is 290 g/mol. The number of pyridine rings is 1. The monoisotopic (exact) mass is 290 g/mol. The number of para-hydroxylation sites is 1. The highest BCUT2D eigenvalue weighted by molar-refractivity contribution is 5.94. The first-order valence-corrected chi connectivity index (χ1v) is 6.00. The van der Waals surface area contributed by atoms with Gasteiger partial charge in [-0.3, -0.25) is 4.98 Å². The van der Waals surface area contributed by atoms with Crippen LogP contribution in [0.4, 0.5) is 19.1 Å². The predicted molar refractivity (Wildman–Crippen MR) is 72.2 cm³/mol. The van der Waals surface area contributed by atoms with Gasteiger partial charge in [-0.1, -0.05) is 12.1 Å². The number of halogens is 3. The van der Waals surface area contributed by atoms with Gasteiger partial charge >= 0.3 is 6.18 Å². The molecule has 2 aromatic heterocycles. The molecular formula is C14H9F3N4. The second-order valence-electron chi connectivity index (χ2n) is 4.37. The molecule has 3 rings (SSSR count). The number of anilines is 1. The third kappa shape index (κ3) is 2.37. The van der Waals surface area contributed by atoms with Crippen LogP contribution in [0.1, 0.15) is 5.56 Å². The predicted octanol–water partition coefficient (Wildman–Crippen LogP) is 3.29. The number of nitrogens with zero attached hydrogens (tertiary/aromatic N) is 3. The first kappa shape index (κ1) is 13.3. The molecular weight excluding hydrogens is 281 g/mol. The van der Waals surface area contributed by atoms with Crippen LogP contribution in [0.3, 0.4) is 0 Å². The fourth-order valence-corrected chi connectivity index (χ4v) is 2.12. The van der Waals surface area contributed by atoms with E-state index < -0.39 is 11.7 Å². The first-order valence-electron chi connectivity index (χ1n) is 6.00. The van der Waals surface area contributed by atoms with Crippen molar-refractivity contribution >= 4 is 16.9 Å². The Morgan fingerprint density at radius 3 is 2.48 bits per heavy atom. The van der Waals surface area contributed by atoms with Crippen molar-refractivity contribution in [3.63, 3.8) is 0 Å². The SMILES string of the molecule is Nc1nc(-c2cccnc2)c2cccc(C(F)(F)F)c2n1. The summed E-state index contributed by atoms with van der Waals surface area (Å²) in [5.74, 6) is -0.210. The molecule has 1 aromatic carbocycles. The quantitative estimate of drug-likeness (QED) is 0.747. The van der Waals surface area contributed by atoms with Crippen LogP contribution in [-0.4, -0.2) is 15.0 Å². The summed E-state index contributed by atoms with van der Waals surface area (Å²) in [5.41, 5.74) is 5.43. The molecule has 4 nitrogen and oxygen atoms in total. The lowest BCUT2D eigenvalue weighted by molar-refractivity contribution is -0.136. The van der Waals surface area contributed by atoms with Gasteiger partial charge in [0.25, 0.3) is 0 Å². The van der Waals surface area contributed by atoms with Gasteiger partial charge < -0.3 is 5.73 Å². The normalized spacial score (nSPS) is 11.8. The number of benzene rings is 1. The number of nitrogens with two attached hydrogens (primary N) is 1. The topological polar surface area (TPSA) is 64.7 Å². The molecule has 0 bridgehead atoms. The van der Waals surface area contributed by atoms with E-state index in [4.69, 9.17) is 5.73 Å². The smallest absolute Gasteiger partial charge is 0.368 e. The first-order chi connectivity index (χ1) is 9.97. The Hall–Kier alpha value is -2.70. The van der Waals surface area contributed by atoms with E-state index in [1.165, 1.54) is 18.3 Å². The summed E-state index contributed by atoms with van der Waals surface area (Å²) in [5, 5.41) is 0.284. The zero-order valence-electron chi connectivity index (χ0n) is 10.6. The van der Waals surface area contributed by atoms with E-state index in [-0.39, 0.29) is 16.9 Å². The van der Waals surface area contributed by atoms with Crippen LogP contribution < -0.4 is 5.73 Å². The van der Waals surface area contributed by atoms with Crippen molar-refractivity contribution in [1.82, 2.24) is 15.0 Å². The fourth-order valence-electron chi connectivity index (χ4n) is 2.12. The molecule has 2 N–H and O–H groups in total. The summed E-state index contributed by atoms with van der Waals surface area (Å²) < 4.78 is 39.2. The molecule has 21 heavy (non-hydrogen) atoms. The molecule has 3 aromatic rings. The summed E-state index contributed by atoms with van der Waals surface area (Å²) >= 11 is 0.